The molecular weight excluding hydrogens is 240 g/mol. The molecule has 0 aromatic heterocycles. The third kappa shape index (κ3) is 3.74. The largest absolute Gasteiger partial charge is 0.374 e. The molecule has 6 heteroatoms. The van der Waals surface area contributed by atoms with Crippen LogP contribution in [0.4, 0.5) is 0 Å². The first-order valence-corrected chi connectivity index (χ1v) is 6.31. The first-order valence-electron chi connectivity index (χ1n) is 6.31. The molecule has 1 atom stereocenters. The second-order valence-electron chi connectivity index (χ2n) is 4.86. The van der Waals surface area contributed by atoms with Crippen LogP contribution in [0, 0.1) is 10.8 Å². The van der Waals surface area contributed by atoms with Gasteiger partial charge in [0, 0.05) is 33.7 Å². The molecule has 106 valence electrons. The predicted octanol–water partition coefficient (Wildman–Crippen LogP) is 0.842. The summed E-state index contributed by atoms with van der Waals surface area (Å²) in [7, 11) is 5.53. The van der Waals surface area contributed by atoms with Crippen LogP contribution in [-0.4, -0.2) is 60.3 Å². The Hall–Kier alpha value is -1.98. The molecule has 19 heavy (non-hydrogen) atoms. The van der Waals surface area contributed by atoms with E-state index >= 15 is 0 Å². The van der Waals surface area contributed by atoms with Gasteiger partial charge in [-0.2, -0.15) is 0 Å². The van der Waals surface area contributed by atoms with Gasteiger partial charge in [0.25, 0.3) is 0 Å². The van der Waals surface area contributed by atoms with E-state index in [1.165, 1.54) is 10.5 Å². The summed E-state index contributed by atoms with van der Waals surface area (Å²) in [6, 6.07) is 0.387. The molecule has 0 aliphatic carbocycles. The lowest BCUT2D eigenvalue weighted by atomic mass is 10.0. The van der Waals surface area contributed by atoms with Gasteiger partial charge < -0.3 is 15.5 Å². The highest BCUT2D eigenvalue weighted by Gasteiger charge is 2.16. The highest BCUT2D eigenvalue weighted by atomic mass is 15.4. The Morgan fingerprint density at radius 2 is 2.05 bits per heavy atom. The molecule has 0 radical (unpaired) electrons. The van der Waals surface area contributed by atoms with Crippen molar-refractivity contribution in [3.63, 3.8) is 0 Å². The number of hydrogen-bond acceptors (Lipinski definition) is 3. The minimum absolute atomic E-state index is 0.121. The van der Waals surface area contributed by atoms with Crippen molar-refractivity contribution in [3.8, 4) is 0 Å². The molecule has 0 amide bonds. The average Bonchev–Trinajstić information content (AvgIpc) is 2.38. The van der Waals surface area contributed by atoms with Gasteiger partial charge in [-0.05, 0) is 31.2 Å². The molecule has 0 saturated heterocycles. The summed E-state index contributed by atoms with van der Waals surface area (Å²) in [5.41, 5.74) is 6.71. The standard InChI is InChI=1S/C13H24N6/c1-10-11(6-5-8-17(10)2)7-9-18(3)13(16)19(4)12(14)15/h5-6,8,10,16H,7,9H2,1-4H3,(H3,14,15). The Labute approximate surface area is 115 Å². The maximum Gasteiger partial charge on any atom is 0.200 e. The summed E-state index contributed by atoms with van der Waals surface area (Å²) in [5, 5.41) is 15.2. The summed E-state index contributed by atoms with van der Waals surface area (Å²) < 4.78 is 0. The molecule has 0 aromatic carbocycles. The number of likely N-dealkylation sites (N-methyl/N-ethyl adjacent to an activating group) is 1. The zero-order valence-corrected chi connectivity index (χ0v) is 12.1. The lowest BCUT2D eigenvalue weighted by molar-refractivity contribution is 0.367. The molecule has 4 N–H and O–H groups in total. The summed E-state index contributed by atoms with van der Waals surface area (Å²) in [6.07, 6.45) is 7.13. The van der Waals surface area contributed by atoms with Crippen LogP contribution in [0.15, 0.2) is 23.9 Å². The van der Waals surface area contributed by atoms with E-state index in [0.717, 1.165) is 13.0 Å². The van der Waals surface area contributed by atoms with Gasteiger partial charge in [-0.1, -0.05) is 6.08 Å². The van der Waals surface area contributed by atoms with Crippen molar-refractivity contribution in [1.29, 1.82) is 10.8 Å². The van der Waals surface area contributed by atoms with Crippen molar-refractivity contribution in [2.24, 2.45) is 5.73 Å². The van der Waals surface area contributed by atoms with E-state index < -0.39 is 0 Å². The fraction of sp³-hybridized carbons (Fsp3) is 0.538. The quantitative estimate of drug-likeness (QED) is 0.521. The maximum atomic E-state index is 7.93. The predicted molar refractivity (Wildman–Crippen MR) is 79.1 cm³/mol. The van der Waals surface area contributed by atoms with Crippen LogP contribution in [0.25, 0.3) is 0 Å². The molecule has 1 aliphatic rings. The van der Waals surface area contributed by atoms with E-state index in [-0.39, 0.29) is 11.9 Å². The molecular formula is C13H24N6. The Bertz CT molecular complexity index is 411. The van der Waals surface area contributed by atoms with Crippen molar-refractivity contribution in [3.05, 3.63) is 23.9 Å². The van der Waals surface area contributed by atoms with Crippen molar-refractivity contribution in [2.45, 2.75) is 19.4 Å². The zero-order chi connectivity index (χ0) is 14.6. The molecule has 0 fully saturated rings. The highest BCUT2D eigenvalue weighted by Crippen LogP contribution is 2.17. The Morgan fingerprint density at radius 3 is 2.63 bits per heavy atom. The van der Waals surface area contributed by atoms with E-state index in [4.69, 9.17) is 16.6 Å². The van der Waals surface area contributed by atoms with Crippen LogP contribution in [0.2, 0.25) is 0 Å². The molecule has 1 unspecified atom stereocenters. The molecule has 1 heterocycles. The fourth-order valence-electron chi connectivity index (χ4n) is 1.90. The number of allylic oxidation sites excluding steroid dienone is 2. The minimum Gasteiger partial charge on any atom is -0.374 e. The molecule has 0 saturated carbocycles. The van der Waals surface area contributed by atoms with Gasteiger partial charge in [0.2, 0.25) is 0 Å². The normalized spacial score (nSPS) is 18.0. The second kappa shape index (κ2) is 6.26. The monoisotopic (exact) mass is 264 g/mol. The van der Waals surface area contributed by atoms with Gasteiger partial charge in [0.15, 0.2) is 11.9 Å². The van der Waals surface area contributed by atoms with Crippen LogP contribution in [0.5, 0.6) is 0 Å². The summed E-state index contributed by atoms with van der Waals surface area (Å²) in [6.45, 7) is 2.90. The Kier molecular flexibility index (Phi) is 4.97. The average molecular weight is 264 g/mol. The lowest BCUT2D eigenvalue weighted by Crippen LogP contribution is -2.46. The first-order chi connectivity index (χ1) is 8.84. The fourth-order valence-corrected chi connectivity index (χ4v) is 1.90. The Balaban J connectivity index is 2.53. The molecule has 0 aromatic rings. The minimum atomic E-state index is -0.121. The smallest absolute Gasteiger partial charge is 0.200 e. The third-order valence-electron chi connectivity index (χ3n) is 3.56. The molecule has 1 aliphatic heterocycles. The van der Waals surface area contributed by atoms with Crippen LogP contribution in [0.3, 0.4) is 0 Å². The topological polar surface area (TPSA) is 83.4 Å². The van der Waals surface area contributed by atoms with E-state index in [9.17, 15) is 0 Å². The lowest BCUT2D eigenvalue weighted by Gasteiger charge is -2.31. The summed E-state index contributed by atoms with van der Waals surface area (Å²) in [4.78, 5) is 5.32. The van der Waals surface area contributed by atoms with E-state index in [1.54, 1.807) is 11.9 Å². The third-order valence-corrected chi connectivity index (χ3v) is 3.56. The van der Waals surface area contributed by atoms with Gasteiger partial charge in [-0.3, -0.25) is 15.7 Å². The summed E-state index contributed by atoms with van der Waals surface area (Å²) in [5.74, 6) is 0.116. The van der Waals surface area contributed by atoms with Gasteiger partial charge in [-0.15, -0.1) is 0 Å². The van der Waals surface area contributed by atoms with Crippen LogP contribution >= 0.6 is 0 Å². The maximum absolute atomic E-state index is 7.93. The molecule has 0 bridgehead atoms. The van der Waals surface area contributed by atoms with Crippen molar-refractivity contribution >= 4 is 11.9 Å². The number of rotatable bonds is 3. The van der Waals surface area contributed by atoms with Crippen molar-refractivity contribution < 1.29 is 0 Å². The van der Waals surface area contributed by atoms with Gasteiger partial charge >= 0.3 is 0 Å². The van der Waals surface area contributed by atoms with E-state index in [1.807, 2.05) is 13.1 Å². The van der Waals surface area contributed by atoms with E-state index in [2.05, 4.69) is 31.1 Å². The van der Waals surface area contributed by atoms with Crippen LogP contribution in [0.1, 0.15) is 13.3 Å². The number of nitrogens with one attached hydrogen (secondary N) is 2. The van der Waals surface area contributed by atoms with Crippen LogP contribution in [-0.2, 0) is 0 Å². The highest BCUT2D eigenvalue weighted by molar-refractivity contribution is 5.94. The SMILES string of the molecule is CC1C(CCN(C)C(=N)N(C)C(=N)N)=CC=CN1C. The number of guanidine groups is 2. The number of nitrogens with zero attached hydrogens (tertiary/aromatic N) is 3. The zero-order valence-electron chi connectivity index (χ0n) is 12.1. The molecule has 1 rings (SSSR count). The Morgan fingerprint density at radius 1 is 1.42 bits per heavy atom. The molecule has 6 nitrogen and oxygen atoms in total. The van der Waals surface area contributed by atoms with Gasteiger partial charge in [0.05, 0.1) is 0 Å². The number of nitrogens with two attached hydrogens (primary N) is 1. The van der Waals surface area contributed by atoms with E-state index in [0.29, 0.717) is 6.04 Å². The first kappa shape index (κ1) is 15.1. The number of hydrogen-bond donors (Lipinski definition) is 3. The van der Waals surface area contributed by atoms with Gasteiger partial charge in [-0.25, -0.2) is 0 Å². The summed E-state index contributed by atoms with van der Waals surface area (Å²) >= 11 is 0. The van der Waals surface area contributed by atoms with Gasteiger partial charge in [0.1, 0.15) is 0 Å². The van der Waals surface area contributed by atoms with Crippen molar-refractivity contribution in [1.82, 2.24) is 14.7 Å². The molecule has 0 spiro atoms. The van der Waals surface area contributed by atoms with Crippen LogP contribution < -0.4 is 5.73 Å². The second-order valence-corrected chi connectivity index (χ2v) is 4.86. The van der Waals surface area contributed by atoms with Crippen molar-refractivity contribution in [2.75, 3.05) is 27.7 Å².